The average molecular weight is 368 g/mol. The van der Waals surface area contributed by atoms with E-state index in [2.05, 4.69) is 69.5 Å². The van der Waals surface area contributed by atoms with Crippen LogP contribution in [0.3, 0.4) is 0 Å². The summed E-state index contributed by atoms with van der Waals surface area (Å²) in [5.74, 6) is 0. The maximum absolute atomic E-state index is 4.27. The van der Waals surface area contributed by atoms with Gasteiger partial charge in [0.25, 0.3) is 0 Å². The Morgan fingerprint density at radius 3 is 1.76 bits per heavy atom. The van der Waals surface area contributed by atoms with Gasteiger partial charge in [0.2, 0.25) is 0 Å². The van der Waals surface area contributed by atoms with Gasteiger partial charge in [-0.05, 0) is 79.9 Å². The molecule has 3 aromatic carbocycles. The first kappa shape index (κ1) is 19.5. The van der Waals surface area contributed by atoms with Gasteiger partial charge in [-0.2, -0.15) is 0 Å². The molecule has 3 heteroatoms. The van der Waals surface area contributed by atoms with Crippen molar-refractivity contribution >= 4 is 36.6 Å². The zero-order valence-electron chi connectivity index (χ0n) is 15.0. The third-order valence-electron chi connectivity index (χ3n) is 3.92. The minimum atomic E-state index is 0.980. The fourth-order valence-corrected chi connectivity index (χ4v) is 2.68. The van der Waals surface area contributed by atoms with Crippen LogP contribution in [0.2, 0.25) is 0 Å². The molecule has 0 saturated carbocycles. The van der Waals surface area contributed by atoms with Crippen molar-refractivity contribution in [1.29, 1.82) is 0 Å². The number of anilines is 2. The van der Waals surface area contributed by atoms with Crippen LogP contribution in [0.1, 0.15) is 23.6 Å². The number of hydrogen-bond acceptors (Lipinski definition) is 3. The summed E-state index contributed by atoms with van der Waals surface area (Å²) in [5, 5.41) is 3.40. The van der Waals surface area contributed by atoms with Gasteiger partial charge in [0.15, 0.2) is 0 Å². The summed E-state index contributed by atoms with van der Waals surface area (Å²) in [6.45, 7) is 6.40. The van der Waals surface area contributed by atoms with Crippen molar-refractivity contribution in [1.82, 2.24) is 0 Å². The van der Waals surface area contributed by atoms with Crippen LogP contribution in [-0.4, -0.2) is 0 Å². The summed E-state index contributed by atoms with van der Waals surface area (Å²) in [4.78, 5) is 2.00. The zero-order chi connectivity index (χ0) is 18.2. The molecule has 3 aromatic rings. The molecule has 0 aliphatic carbocycles. The van der Waals surface area contributed by atoms with Crippen molar-refractivity contribution < 1.29 is 0 Å². The van der Waals surface area contributed by atoms with E-state index in [1.165, 1.54) is 16.7 Å². The van der Waals surface area contributed by atoms with Crippen molar-refractivity contribution in [3.63, 3.8) is 0 Å². The van der Waals surface area contributed by atoms with E-state index in [4.69, 9.17) is 0 Å². The molecule has 0 amide bonds. The van der Waals surface area contributed by atoms with E-state index < -0.39 is 0 Å². The Bertz CT molecular complexity index is 772. The molecule has 0 aromatic heterocycles. The largest absolute Gasteiger partial charge is 0.356 e. The molecular weight excluding hydrogens is 342 g/mol. The van der Waals surface area contributed by atoms with E-state index in [0.29, 0.717) is 0 Å². The highest BCUT2D eigenvalue weighted by Gasteiger charge is 1.99. The standard InChI is InChI=1S/C15H17NS.C7H8S/c1-3-12-10-14(5-4-11(12)2)16-13-6-8-15(17)9-7-13;1-6-2-4-7(8)5-3-6/h4-10,16-17H,3H2,1-2H3;2-5,8H,1H3. The van der Waals surface area contributed by atoms with Crippen LogP contribution < -0.4 is 5.32 Å². The molecular formula is C22H25NS2. The number of benzene rings is 3. The fraction of sp³-hybridized carbons (Fsp3) is 0.182. The summed E-state index contributed by atoms with van der Waals surface area (Å²) in [6, 6.07) is 22.6. The van der Waals surface area contributed by atoms with E-state index in [9.17, 15) is 0 Å². The molecule has 0 unspecified atom stereocenters. The third-order valence-corrected chi connectivity index (χ3v) is 4.52. The van der Waals surface area contributed by atoms with Gasteiger partial charge < -0.3 is 5.32 Å². The molecule has 0 saturated heterocycles. The van der Waals surface area contributed by atoms with Crippen LogP contribution in [0.15, 0.2) is 76.5 Å². The minimum Gasteiger partial charge on any atom is -0.356 e. The van der Waals surface area contributed by atoms with Crippen LogP contribution in [0.5, 0.6) is 0 Å². The van der Waals surface area contributed by atoms with Gasteiger partial charge >= 0.3 is 0 Å². The van der Waals surface area contributed by atoms with Crippen molar-refractivity contribution in [2.45, 2.75) is 37.0 Å². The van der Waals surface area contributed by atoms with E-state index in [1.54, 1.807) is 0 Å². The van der Waals surface area contributed by atoms with Crippen LogP contribution in [0, 0.1) is 13.8 Å². The topological polar surface area (TPSA) is 12.0 Å². The Kier molecular flexibility index (Phi) is 7.48. The average Bonchev–Trinajstić information content (AvgIpc) is 2.62. The van der Waals surface area contributed by atoms with Crippen LogP contribution in [0.25, 0.3) is 0 Å². The Morgan fingerprint density at radius 1 is 0.720 bits per heavy atom. The van der Waals surface area contributed by atoms with Gasteiger partial charge in [0, 0.05) is 21.2 Å². The van der Waals surface area contributed by atoms with Crippen LogP contribution in [-0.2, 0) is 6.42 Å². The predicted molar refractivity (Wildman–Crippen MR) is 116 cm³/mol. The third kappa shape index (κ3) is 6.52. The zero-order valence-corrected chi connectivity index (χ0v) is 16.7. The lowest BCUT2D eigenvalue weighted by molar-refractivity contribution is 1.11. The molecule has 0 fully saturated rings. The molecule has 1 nitrogen and oxygen atoms in total. The number of thiol groups is 2. The Balaban J connectivity index is 0.000000236. The Morgan fingerprint density at radius 2 is 1.24 bits per heavy atom. The van der Waals surface area contributed by atoms with Crippen LogP contribution in [0.4, 0.5) is 11.4 Å². The molecule has 130 valence electrons. The first-order chi connectivity index (χ1) is 12.0. The highest BCUT2D eigenvalue weighted by atomic mass is 32.1. The maximum atomic E-state index is 4.27. The fourth-order valence-electron chi connectivity index (χ4n) is 2.39. The SMILES string of the molecule is CCc1cc(Nc2ccc(S)cc2)ccc1C.Cc1ccc(S)cc1. The highest BCUT2D eigenvalue weighted by molar-refractivity contribution is 7.80. The Hall–Kier alpha value is -1.84. The van der Waals surface area contributed by atoms with Gasteiger partial charge in [-0.25, -0.2) is 0 Å². The summed E-state index contributed by atoms with van der Waals surface area (Å²) in [7, 11) is 0. The summed E-state index contributed by atoms with van der Waals surface area (Å²) in [5.41, 5.74) is 6.25. The van der Waals surface area contributed by atoms with E-state index in [1.807, 2.05) is 48.5 Å². The highest BCUT2D eigenvalue weighted by Crippen LogP contribution is 2.21. The second-order valence-electron chi connectivity index (χ2n) is 6.00. The normalized spacial score (nSPS) is 9.96. The van der Waals surface area contributed by atoms with Gasteiger partial charge in [0.1, 0.15) is 0 Å². The number of nitrogens with one attached hydrogen (secondary N) is 1. The van der Waals surface area contributed by atoms with Gasteiger partial charge in [-0.1, -0.05) is 30.7 Å². The van der Waals surface area contributed by atoms with Gasteiger partial charge in [-0.15, -0.1) is 25.3 Å². The summed E-state index contributed by atoms with van der Waals surface area (Å²) in [6.07, 6.45) is 1.07. The smallest absolute Gasteiger partial charge is 0.0387 e. The van der Waals surface area contributed by atoms with Crippen LogP contribution >= 0.6 is 25.3 Å². The minimum absolute atomic E-state index is 0.980. The van der Waals surface area contributed by atoms with Crippen molar-refractivity contribution in [3.8, 4) is 0 Å². The lowest BCUT2D eigenvalue weighted by atomic mass is 10.1. The second kappa shape index (κ2) is 9.59. The van der Waals surface area contributed by atoms with Gasteiger partial charge in [-0.3, -0.25) is 0 Å². The molecule has 0 aliphatic rings. The summed E-state index contributed by atoms with van der Waals surface area (Å²) < 4.78 is 0. The van der Waals surface area contributed by atoms with E-state index >= 15 is 0 Å². The molecule has 0 heterocycles. The molecule has 0 aliphatic heterocycles. The molecule has 0 radical (unpaired) electrons. The van der Waals surface area contributed by atoms with E-state index in [0.717, 1.165) is 27.6 Å². The van der Waals surface area contributed by atoms with E-state index in [-0.39, 0.29) is 0 Å². The molecule has 1 N–H and O–H groups in total. The lowest BCUT2D eigenvalue weighted by Gasteiger charge is -2.10. The number of aryl methyl sites for hydroxylation is 3. The first-order valence-corrected chi connectivity index (χ1v) is 9.28. The van der Waals surface area contributed by atoms with Crippen molar-refractivity contribution in [3.05, 3.63) is 83.4 Å². The molecule has 0 spiro atoms. The molecule has 0 atom stereocenters. The molecule has 25 heavy (non-hydrogen) atoms. The predicted octanol–water partition coefficient (Wildman–Crippen LogP) is 6.87. The lowest BCUT2D eigenvalue weighted by Crippen LogP contribution is -1.93. The second-order valence-corrected chi connectivity index (χ2v) is 7.04. The quantitative estimate of drug-likeness (QED) is 0.429. The number of rotatable bonds is 3. The number of hydrogen-bond donors (Lipinski definition) is 3. The van der Waals surface area contributed by atoms with Gasteiger partial charge in [0.05, 0.1) is 0 Å². The monoisotopic (exact) mass is 367 g/mol. The molecule has 0 bridgehead atoms. The molecule has 3 rings (SSSR count). The maximum Gasteiger partial charge on any atom is 0.0387 e. The van der Waals surface area contributed by atoms with Crippen molar-refractivity contribution in [2.75, 3.05) is 5.32 Å². The first-order valence-electron chi connectivity index (χ1n) is 8.39. The Labute approximate surface area is 162 Å². The summed E-state index contributed by atoms with van der Waals surface area (Å²) >= 11 is 8.41. The van der Waals surface area contributed by atoms with Crippen molar-refractivity contribution in [2.24, 2.45) is 0 Å².